The van der Waals surface area contributed by atoms with Gasteiger partial charge in [0.1, 0.15) is 12.5 Å². The zero-order valence-electron chi connectivity index (χ0n) is 6.23. The van der Waals surface area contributed by atoms with Gasteiger partial charge in [-0.15, -0.1) is 0 Å². The maximum absolute atomic E-state index is 12.6. The van der Waals surface area contributed by atoms with Crippen molar-refractivity contribution in [2.45, 2.75) is 6.04 Å². The Bertz CT molecular complexity index is 278. The Morgan fingerprint density at radius 1 is 1.50 bits per heavy atom. The summed E-state index contributed by atoms with van der Waals surface area (Å²) in [5, 5.41) is 0. The highest BCUT2D eigenvalue weighted by Crippen LogP contribution is 2.23. The molecular formula is C8H8BrF2N. The van der Waals surface area contributed by atoms with Crippen LogP contribution in [0.25, 0.3) is 0 Å². The van der Waals surface area contributed by atoms with Crippen molar-refractivity contribution in [2.75, 3.05) is 6.67 Å². The van der Waals surface area contributed by atoms with Crippen molar-refractivity contribution in [1.82, 2.24) is 0 Å². The molecule has 0 unspecified atom stereocenters. The summed E-state index contributed by atoms with van der Waals surface area (Å²) in [7, 11) is 0. The molecule has 0 aliphatic heterocycles. The van der Waals surface area contributed by atoms with Gasteiger partial charge in [0, 0.05) is 4.47 Å². The highest BCUT2D eigenvalue weighted by molar-refractivity contribution is 9.10. The minimum atomic E-state index is -0.681. The molecule has 0 bridgehead atoms. The predicted molar refractivity (Wildman–Crippen MR) is 47.0 cm³/mol. The molecule has 1 nitrogen and oxygen atoms in total. The van der Waals surface area contributed by atoms with Gasteiger partial charge in [0.2, 0.25) is 0 Å². The van der Waals surface area contributed by atoms with Gasteiger partial charge in [-0.2, -0.15) is 0 Å². The van der Waals surface area contributed by atoms with E-state index in [1.165, 1.54) is 18.2 Å². The van der Waals surface area contributed by atoms with Gasteiger partial charge in [-0.3, -0.25) is 0 Å². The van der Waals surface area contributed by atoms with Crippen LogP contribution in [0.15, 0.2) is 22.7 Å². The lowest BCUT2D eigenvalue weighted by atomic mass is 10.1. The Labute approximate surface area is 77.7 Å². The molecule has 12 heavy (non-hydrogen) atoms. The molecule has 1 aromatic carbocycles. The standard InChI is InChI=1S/C8H8BrF2N/c9-7-3-5(11)1-2-6(7)8(12)4-10/h1-3,8H,4,12H2/t8-/m1/s1. The molecule has 4 heteroatoms. The Hall–Kier alpha value is -0.480. The summed E-state index contributed by atoms with van der Waals surface area (Å²) in [6.45, 7) is -0.649. The van der Waals surface area contributed by atoms with Gasteiger partial charge < -0.3 is 5.73 Å². The Kier molecular flexibility index (Phi) is 3.17. The van der Waals surface area contributed by atoms with E-state index in [4.69, 9.17) is 5.73 Å². The summed E-state index contributed by atoms with van der Waals surface area (Å²) in [4.78, 5) is 0. The lowest BCUT2D eigenvalue weighted by molar-refractivity contribution is 0.436. The van der Waals surface area contributed by atoms with Gasteiger partial charge in [0.15, 0.2) is 0 Å². The zero-order chi connectivity index (χ0) is 9.14. The molecule has 0 aliphatic rings. The van der Waals surface area contributed by atoms with Gasteiger partial charge >= 0.3 is 0 Å². The van der Waals surface area contributed by atoms with Crippen molar-refractivity contribution in [1.29, 1.82) is 0 Å². The molecule has 0 saturated carbocycles. The SMILES string of the molecule is N[C@H](CF)c1ccc(F)cc1Br. The van der Waals surface area contributed by atoms with Crippen LogP contribution in [-0.2, 0) is 0 Å². The molecule has 1 rings (SSSR count). The Morgan fingerprint density at radius 2 is 2.17 bits per heavy atom. The van der Waals surface area contributed by atoms with Crippen LogP contribution >= 0.6 is 15.9 Å². The monoisotopic (exact) mass is 235 g/mol. The largest absolute Gasteiger partial charge is 0.322 e. The average Bonchev–Trinajstić information content (AvgIpc) is 2.03. The normalized spacial score (nSPS) is 13.0. The molecule has 0 fully saturated rings. The first-order chi connectivity index (χ1) is 5.65. The zero-order valence-corrected chi connectivity index (χ0v) is 7.81. The van der Waals surface area contributed by atoms with Gasteiger partial charge in [-0.05, 0) is 17.7 Å². The fourth-order valence-electron chi connectivity index (χ4n) is 0.885. The fourth-order valence-corrected chi connectivity index (χ4v) is 1.53. The van der Waals surface area contributed by atoms with E-state index in [2.05, 4.69) is 15.9 Å². The van der Waals surface area contributed by atoms with Crippen LogP contribution in [0.5, 0.6) is 0 Å². The number of hydrogen-bond donors (Lipinski definition) is 1. The third-order valence-corrected chi connectivity index (χ3v) is 2.21. The summed E-state index contributed by atoms with van der Waals surface area (Å²) < 4.78 is 25.2. The maximum atomic E-state index is 12.6. The number of benzene rings is 1. The van der Waals surface area contributed by atoms with Crippen molar-refractivity contribution in [3.05, 3.63) is 34.1 Å². The lowest BCUT2D eigenvalue weighted by Crippen LogP contribution is -2.12. The van der Waals surface area contributed by atoms with E-state index in [1.54, 1.807) is 0 Å². The number of hydrogen-bond acceptors (Lipinski definition) is 1. The number of halogens is 3. The molecule has 0 spiro atoms. The van der Waals surface area contributed by atoms with Crippen molar-refractivity contribution in [3.8, 4) is 0 Å². The summed E-state index contributed by atoms with van der Waals surface area (Å²) in [6, 6.07) is 3.32. The van der Waals surface area contributed by atoms with Crippen LogP contribution < -0.4 is 5.73 Å². The lowest BCUT2D eigenvalue weighted by Gasteiger charge is -2.09. The maximum Gasteiger partial charge on any atom is 0.124 e. The van der Waals surface area contributed by atoms with E-state index in [0.29, 0.717) is 10.0 Å². The Balaban J connectivity index is 3.01. The van der Waals surface area contributed by atoms with Crippen LogP contribution in [0.1, 0.15) is 11.6 Å². The van der Waals surface area contributed by atoms with Crippen molar-refractivity contribution < 1.29 is 8.78 Å². The van der Waals surface area contributed by atoms with Crippen LogP contribution in [0.2, 0.25) is 0 Å². The quantitative estimate of drug-likeness (QED) is 0.838. The first kappa shape index (κ1) is 9.61. The van der Waals surface area contributed by atoms with E-state index in [-0.39, 0.29) is 5.82 Å². The molecule has 0 aliphatic carbocycles. The highest BCUT2D eigenvalue weighted by Gasteiger charge is 2.09. The summed E-state index contributed by atoms with van der Waals surface area (Å²) in [6.07, 6.45) is 0. The van der Waals surface area contributed by atoms with Gasteiger partial charge in [0.05, 0.1) is 6.04 Å². The van der Waals surface area contributed by atoms with Crippen LogP contribution in [0.3, 0.4) is 0 Å². The minimum absolute atomic E-state index is 0.364. The first-order valence-electron chi connectivity index (χ1n) is 3.41. The molecule has 0 amide bonds. The molecule has 1 atom stereocenters. The molecular weight excluding hydrogens is 228 g/mol. The Morgan fingerprint density at radius 3 is 2.67 bits per heavy atom. The van der Waals surface area contributed by atoms with Gasteiger partial charge in [-0.25, -0.2) is 8.78 Å². The molecule has 0 radical (unpaired) electrons. The summed E-state index contributed by atoms with van der Waals surface area (Å²) >= 11 is 3.10. The topological polar surface area (TPSA) is 26.0 Å². The van der Waals surface area contributed by atoms with E-state index >= 15 is 0 Å². The third kappa shape index (κ3) is 2.01. The molecule has 1 aromatic rings. The second-order valence-corrected chi connectivity index (χ2v) is 3.28. The first-order valence-corrected chi connectivity index (χ1v) is 4.21. The van der Waals surface area contributed by atoms with E-state index < -0.39 is 12.7 Å². The molecule has 66 valence electrons. The third-order valence-electron chi connectivity index (χ3n) is 1.53. The number of rotatable bonds is 2. The molecule has 2 N–H and O–H groups in total. The van der Waals surface area contributed by atoms with Crippen LogP contribution in [-0.4, -0.2) is 6.67 Å². The smallest absolute Gasteiger partial charge is 0.124 e. The van der Waals surface area contributed by atoms with Crippen LogP contribution in [0.4, 0.5) is 8.78 Å². The van der Waals surface area contributed by atoms with Crippen molar-refractivity contribution >= 4 is 15.9 Å². The predicted octanol–water partition coefficient (Wildman–Crippen LogP) is 2.56. The van der Waals surface area contributed by atoms with E-state index in [0.717, 1.165) is 0 Å². The van der Waals surface area contributed by atoms with Crippen LogP contribution in [0, 0.1) is 5.82 Å². The molecule has 0 heterocycles. The second kappa shape index (κ2) is 3.96. The highest BCUT2D eigenvalue weighted by atomic mass is 79.9. The minimum Gasteiger partial charge on any atom is -0.322 e. The van der Waals surface area contributed by atoms with E-state index in [1.807, 2.05) is 0 Å². The molecule has 0 saturated heterocycles. The second-order valence-electron chi connectivity index (χ2n) is 2.43. The van der Waals surface area contributed by atoms with Crippen molar-refractivity contribution in [3.63, 3.8) is 0 Å². The van der Waals surface area contributed by atoms with Crippen molar-refractivity contribution in [2.24, 2.45) is 5.73 Å². The molecule has 0 aromatic heterocycles. The fraction of sp³-hybridized carbons (Fsp3) is 0.250. The number of nitrogens with two attached hydrogens (primary N) is 1. The van der Waals surface area contributed by atoms with Gasteiger partial charge in [0.25, 0.3) is 0 Å². The summed E-state index contributed by atoms with van der Waals surface area (Å²) in [5.41, 5.74) is 6.00. The van der Waals surface area contributed by atoms with Gasteiger partial charge in [-0.1, -0.05) is 22.0 Å². The van der Waals surface area contributed by atoms with E-state index in [9.17, 15) is 8.78 Å². The number of alkyl halides is 1. The summed E-state index contributed by atoms with van der Waals surface area (Å²) in [5.74, 6) is -0.364. The average molecular weight is 236 g/mol.